The summed E-state index contributed by atoms with van der Waals surface area (Å²) in [7, 11) is 0. The van der Waals surface area contributed by atoms with E-state index in [1.165, 1.54) is 0 Å². The molecule has 1 heterocycles. The monoisotopic (exact) mass is 200 g/mol. The van der Waals surface area contributed by atoms with E-state index in [2.05, 4.69) is 10.6 Å². The molecule has 4 heteroatoms. The molecule has 0 saturated carbocycles. The lowest BCUT2D eigenvalue weighted by Crippen LogP contribution is -2.41. The van der Waals surface area contributed by atoms with Gasteiger partial charge in [0.15, 0.2) is 0 Å². The number of carbonyl (C=O) groups excluding carboxylic acids is 1. The number of carbonyl (C=O) groups is 1. The third-order valence-corrected chi connectivity index (χ3v) is 2.09. The minimum atomic E-state index is -0.315. The molecule has 0 aromatic heterocycles. The molecule has 0 unspecified atom stereocenters. The van der Waals surface area contributed by atoms with E-state index in [1.807, 2.05) is 20.8 Å². The first kappa shape index (κ1) is 11.3. The van der Waals surface area contributed by atoms with Crippen molar-refractivity contribution in [2.45, 2.75) is 32.7 Å². The second kappa shape index (κ2) is 4.64. The predicted molar refractivity (Wildman–Crippen MR) is 55.2 cm³/mol. The first-order valence-electron chi connectivity index (χ1n) is 5.13. The molecular weight excluding hydrogens is 180 g/mol. The van der Waals surface area contributed by atoms with Crippen LogP contribution in [-0.2, 0) is 4.74 Å². The number of hydrogen-bond acceptors (Lipinski definition) is 3. The number of ether oxygens (including phenoxy) is 1. The third kappa shape index (κ3) is 4.46. The van der Waals surface area contributed by atoms with Crippen molar-refractivity contribution in [3.63, 3.8) is 0 Å². The van der Waals surface area contributed by atoms with Gasteiger partial charge in [-0.25, -0.2) is 4.79 Å². The standard InChI is InChI=1S/C10H20N2O2/c1-10(2,3)12-9(13)14-7-8-4-5-11-6-8/h8,11H,4-7H2,1-3H3,(H,12,13)/t8-/m0/s1. The van der Waals surface area contributed by atoms with E-state index >= 15 is 0 Å². The Morgan fingerprint density at radius 3 is 2.79 bits per heavy atom. The predicted octanol–water partition coefficient (Wildman–Crippen LogP) is 1.12. The van der Waals surface area contributed by atoms with E-state index < -0.39 is 0 Å². The zero-order chi connectivity index (χ0) is 10.6. The molecule has 0 bridgehead atoms. The normalized spacial score (nSPS) is 22.1. The fourth-order valence-electron chi connectivity index (χ4n) is 1.39. The van der Waals surface area contributed by atoms with Crippen molar-refractivity contribution in [1.29, 1.82) is 0 Å². The smallest absolute Gasteiger partial charge is 0.407 e. The maximum absolute atomic E-state index is 11.3. The fraction of sp³-hybridized carbons (Fsp3) is 0.900. The van der Waals surface area contributed by atoms with Crippen LogP contribution in [0.15, 0.2) is 0 Å². The summed E-state index contributed by atoms with van der Waals surface area (Å²) >= 11 is 0. The van der Waals surface area contributed by atoms with Crippen molar-refractivity contribution in [2.24, 2.45) is 5.92 Å². The van der Waals surface area contributed by atoms with Crippen molar-refractivity contribution in [3.05, 3.63) is 0 Å². The van der Waals surface area contributed by atoms with Crippen LogP contribution in [0.1, 0.15) is 27.2 Å². The summed E-state index contributed by atoms with van der Waals surface area (Å²) in [6.45, 7) is 8.33. The lowest BCUT2D eigenvalue weighted by Gasteiger charge is -2.20. The van der Waals surface area contributed by atoms with Gasteiger partial charge in [0.25, 0.3) is 0 Å². The Kier molecular flexibility index (Phi) is 3.75. The Hall–Kier alpha value is -0.770. The van der Waals surface area contributed by atoms with Crippen LogP contribution in [0.25, 0.3) is 0 Å². The number of rotatable bonds is 2. The number of hydrogen-bond donors (Lipinski definition) is 2. The number of alkyl carbamates (subject to hydrolysis) is 1. The highest BCUT2D eigenvalue weighted by atomic mass is 16.5. The highest BCUT2D eigenvalue weighted by Crippen LogP contribution is 2.08. The first-order chi connectivity index (χ1) is 6.47. The molecule has 1 aliphatic rings. The van der Waals surface area contributed by atoms with Crippen LogP contribution in [-0.4, -0.2) is 31.3 Å². The molecule has 0 aromatic rings. The highest BCUT2D eigenvalue weighted by molar-refractivity contribution is 5.68. The molecule has 0 spiro atoms. The largest absolute Gasteiger partial charge is 0.449 e. The molecule has 4 nitrogen and oxygen atoms in total. The second-order valence-corrected chi connectivity index (χ2v) is 4.83. The Morgan fingerprint density at radius 1 is 1.57 bits per heavy atom. The van der Waals surface area contributed by atoms with Crippen molar-refractivity contribution < 1.29 is 9.53 Å². The molecule has 1 aliphatic heterocycles. The van der Waals surface area contributed by atoms with Gasteiger partial charge in [0.1, 0.15) is 0 Å². The minimum absolute atomic E-state index is 0.217. The Labute approximate surface area is 85.4 Å². The van der Waals surface area contributed by atoms with E-state index in [0.717, 1.165) is 19.5 Å². The summed E-state index contributed by atoms with van der Waals surface area (Å²) in [5.41, 5.74) is -0.217. The second-order valence-electron chi connectivity index (χ2n) is 4.83. The van der Waals surface area contributed by atoms with E-state index in [9.17, 15) is 4.79 Å². The Balaban J connectivity index is 2.14. The molecule has 1 saturated heterocycles. The van der Waals surface area contributed by atoms with Gasteiger partial charge in [-0.2, -0.15) is 0 Å². The molecule has 1 rings (SSSR count). The molecule has 0 radical (unpaired) electrons. The van der Waals surface area contributed by atoms with Gasteiger partial charge >= 0.3 is 6.09 Å². The molecule has 1 atom stereocenters. The molecular formula is C10H20N2O2. The third-order valence-electron chi connectivity index (χ3n) is 2.09. The number of amides is 1. The topological polar surface area (TPSA) is 50.4 Å². The van der Waals surface area contributed by atoms with E-state index in [-0.39, 0.29) is 11.6 Å². The van der Waals surface area contributed by atoms with E-state index in [1.54, 1.807) is 0 Å². The summed E-state index contributed by atoms with van der Waals surface area (Å²) < 4.78 is 5.11. The average Bonchev–Trinajstić information content (AvgIpc) is 2.49. The van der Waals surface area contributed by atoms with Crippen molar-refractivity contribution in [2.75, 3.05) is 19.7 Å². The van der Waals surface area contributed by atoms with Crippen LogP contribution in [0.5, 0.6) is 0 Å². The first-order valence-corrected chi connectivity index (χ1v) is 5.13. The van der Waals surface area contributed by atoms with E-state index in [0.29, 0.717) is 12.5 Å². The van der Waals surface area contributed by atoms with Gasteiger partial charge in [0.05, 0.1) is 6.61 Å². The zero-order valence-corrected chi connectivity index (χ0v) is 9.22. The Morgan fingerprint density at radius 2 is 2.29 bits per heavy atom. The van der Waals surface area contributed by atoms with Crippen LogP contribution in [0.3, 0.4) is 0 Å². The zero-order valence-electron chi connectivity index (χ0n) is 9.22. The molecule has 1 amide bonds. The average molecular weight is 200 g/mol. The fourth-order valence-corrected chi connectivity index (χ4v) is 1.39. The summed E-state index contributed by atoms with van der Waals surface area (Å²) in [5, 5.41) is 5.99. The lowest BCUT2D eigenvalue weighted by atomic mass is 10.1. The minimum Gasteiger partial charge on any atom is -0.449 e. The molecule has 1 fully saturated rings. The maximum atomic E-state index is 11.3. The van der Waals surface area contributed by atoms with Gasteiger partial charge in [-0.1, -0.05) is 0 Å². The van der Waals surface area contributed by atoms with Crippen molar-refractivity contribution in [1.82, 2.24) is 10.6 Å². The quantitative estimate of drug-likeness (QED) is 0.702. The van der Waals surface area contributed by atoms with Crippen LogP contribution in [0.2, 0.25) is 0 Å². The highest BCUT2D eigenvalue weighted by Gasteiger charge is 2.18. The van der Waals surface area contributed by atoms with Gasteiger partial charge in [-0.15, -0.1) is 0 Å². The van der Waals surface area contributed by atoms with Gasteiger partial charge < -0.3 is 15.4 Å². The molecule has 0 aromatic carbocycles. The summed E-state index contributed by atoms with van der Waals surface area (Å²) in [4.78, 5) is 11.3. The van der Waals surface area contributed by atoms with Crippen LogP contribution in [0, 0.1) is 5.92 Å². The van der Waals surface area contributed by atoms with Crippen molar-refractivity contribution in [3.8, 4) is 0 Å². The number of nitrogens with one attached hydrogen (secondary N) is 2. The van der Waals surface area contributed by atoms with Gasteiger partial charge in [0, 0.05) is 18.0 Å². The van der Waals surface area contributed by atoms with Crippen LogP contribution >= 0.6 is 0 Å². The lowest BCUT2D eigenvalue weighted by molar-refractivity contribution is 0.122. The Bertz CT molecular complexity index is 193. The molecule has 0 aliphatic carbocycles. The maximum Gasteiger partial charge on any atom is 0.407 e. The van der Waals surface area contributed by atoms with Gasteiger partial charge in [0.2, 0.25) is 0 Å². The molecule has 82 valence electrons. The van der Waals surface area contributed by atoms with Crippen LogP contribution < -0.4 is 10.6 Å². The van der Waals surface area contributed by atoms with Gasteiger partial charge in [-0.3, -0.25) is 0 Å². The summed E-state index contributed by atoms with van der Waals surface area (Å²) in [6.07, 6.45) is 0.785. The van der Waals surface area contributed by atoms with E-state index in [4.69, 9.17) is 4.74 Å². The van der Waals surface area contributed by atoms with Gasteiger partial charge in [-0.05, 0) is 33.7 Å². The molecule has 2 N–H and O–H groups in total. The molecule has 14 heavy (non-hydrogen) atoms. The summed E-state index contributed by atoms with van der Waals surface area (Å²) in [6, 6.07) is 0. The summed E-state index contributed by atoms with van der Waals surface area (Å²) in [5.74, 6) is 0.487. The van der Waals surface area contributed by atoms with Crippen LogP contribution in [0.4, 0.5) is 4.79 Å². The van der Waals surface area contributed by atoms with Crippen molar-refractivity contribution >= 4 is 6.09 Å². The SMILES string of the molecule is CC(C)(C)NC(=O)OC[C@H]1CCNC1.